The zero-order valence-electron chi connectivity index (χ0n) is 12.3. The summed E-state index contributed by atoms with van der Waals surface area (Å²) in [4.78, 5) is 11.7. The van der Waals surface area contributed by atoms with Crippen molar-refractivity contribution in [3.8, 4) is 11.5 Å². The Morgan fingerprint density at radius 2 is 1.81 bits per heavy atom. The quantitative estimate of drug-likeness (QED) is 0.887. The van der Waals surface area contributed by atoms with Gasteiger partial charge in [0.2, 0.25) is 0 Å². The minimum Gasteiger partial charge on any atom is -0.497 e. The molecule has 1 N–H and O–H groups in total. The van der Waals surface area contributed by atoms with Gasteiger partial charge in [0.05, 0.1) is 7.11 Å². The van der Waals surface area contributed by atoms with Crippen LogP contribution in [0.25, 0.3) is 0 Å². The number of carbonyl (C=O) groups excluding carboxylic acids is 1. The maximum atomic E-state index is 11.7. The lowest BCUT2D eigenvalue weighted by atomic mass is 10.1. The summed E-state index contributed by atoms with van der Waals surface area (Å²) in [6.45, 7) is 2.52. The number of carbonyl (C=O) groups is 1. The predicted molar refractivity (Wildman–Crippen MR) is 81.5 cm³/mol. The first-order valence-corrected chi connectivity index (χ1v) is 6.76. The smallest absolute Gasteiger partial charge is 0.258 e. The summed E-state index contributed by atoms with van der Waals surface area (Å²) in [7, 11) is 1.59. The molecular weight excluding hydrogens is 266 g/mol. The van der Waals surface area contributed by atoms with E-state index in [1.54, 1.807) is 19.2 Å². The molecule has 0 saturated carbocycles. The van der Waals surface area contributed by atoms with Crippen LogP contribution in [-0.4, -0.2) is 19.6 Å². The molecule has 0 aliphatic heterocycles. The van der Waals surface area contributed by atoms with E-state index in [0.29, 0.717) is 18.0 Å². The Kier molecular flexibility index (Phi) is 5.21. The Morgan fingerprint density at radius 1 is 1.10 bits per heavy atom. The summed E-state index contributed by atoms with van der Waals surface area (Å²) in [6.07, 6.45) is 0. The van der Waals surface area contributed by atoms with E-state index in [2.05, 4.69) is 5.32 Å². The van der Waals surface area contributed by atoms with Crippen LogP contribution in [0.3, 0.4) is 0 Å². The van der Waals surface area contributed by atoms with Gasteiger partial charge in [0.1, 0.15) is 11.5 Å². The fourth-order valence-corrected chi connectivity index (χ4v) is 1.80. The van der Waals surface area contributed by atoms with E-state index >= 15 is 0 Å². The Labute approximate surface area is 124 Å². The molecule has 0 heterocycles. The second kappa shape index (κ2) is 7.33. The molecule has 2 aromatic carbocycles. The minimum absolute atomic E-state index is 0.0149. The molecule has 0 spiro atoms. The van der Waals surface area contributed by atoms with Crippen molar-refractivity contribution in [3.63, 3.8) is 0 Å². The molecule has 0 bridgehead atoms. The van der Waals surface area contributed by atoms with Crippen LogP contribution >= 0.6 is 0 Å². The number of benzene rings is 2. The summed E-state index contributed by atoms with van der Waals surface area (Å²) in [6, 6.07) is 15.2. The number of amides is 1. The van der Waals surface area contributed by atoms with Gasteiger partial charge in [-0.3, -0.25) is 4.79 Å². The molecule has 0 aromatic heterocycles. The van der Waals surface area contributed by atoms with Crippen LogP contribution in [0, 0.1) is 6.92 Å². The molecule has 0 fully saturated rings. The highest BCUT2D eigenvalue weighted by molar-refractivity contribution is 5.77. The van der Waals surface area contributed by atoms with Crippen molar-refractivity contribution in [1.82, 2.24) is 5.32 Å². The van der Waals surface area contributed by atoms with E-state index < -0.39 is 0 Å². The van der Waals surface area contributed by atoms with Gasteiger partial charge in [0.25, 0.3) is 5.91 Å². The van der Waals surface area contributed by atoms with Gasteiger partial charge >= 0.3 is 0 Å². The summed E-state index contributed by atoms with van der Waals surface area (Å²) in [5.41, 5.74) is 2.27. The van der Waals surface area contributed by atoms with Gasteiger partial charge in [-0.25, -0.2) is 0 Å². The first kappa shape index (κ1) is 14.9. The fraction of sp³-hybridized carbons (Fsp3) is 0.235. The van der Waals surface area contributed by atoms with Gasteiger partial charge in [-0.1, -0.05) is 35.9 Å². The zero-order chi connectivity index (χ0) is 15.1. The maximum Gasteiger partial charge on any atom is 0.258 e. The van der Waals surface area contributed by atoms with Crippen LogP contribution in [0.1, 0.15) is 11.1 Å². The molecule has 2 rings (SSSR count). The molecule has 1 amide bonds. The van der Waals surface area contributed by atoms with Crippen molar-refractivity contribution < 1.29 is 14.3 Å². The lowest BCUT2D eigenvalue weighted by molar-refractivity contribution is -0.123. The normalized spacial score (nSPS) is 10.0. The van der Waals surface area contributed by atoms with Gasteiger partial charge in [0.15, 0.2) is 6.61 Å². The Balaban J connectivity index is 1.78. The Bertz CT molecular complexity index is 593. The topological polar surface area (TPSA) is 47.6 Å². The molecule has 4 heteroatoms. The predicted octanol–water partition coefficient (Wildman–Crippen LogP) is 2.70. The highest BCUT2D eigenvalue weighted by Crippen LogP contribution is 2.18. The molecule has 4 nitrogen and oxygen atoms in total. The molecule has 0 saturated heterocycles. The third-order valence-electron chi connectivity index (χ3n) is 3.02. The van der Waals surface area contributed by atoms with Crippen LogP contribution in [-0.2, 0) is 11.3 Å². The van der Waals surface area contributed by atoms with E-state index in [4.69, 9.17) is 9.47 Å². The molecule has 0 atom stereocenters. The Morgan fingerprint density at radius 3 is 2.52 bits per heavy atom. The van der Waals surface area contributed by atoms with Crippen molar-refractivity contribution >= 4 is 5.91 Å². The largest absolute Gasteiger partial charge is 0.497 e. The molecule has 21 heavy (non-hydrogen) atoms. The molecule has 0 unspecified atom stereocenters. The average molecular weight is 285 g/mol. The Hall–Kier alpha value is -2.49. The van der Waals surface area contributed by atoms with Gasteiger partial charge in [0, 0.05) is 12.6 Å². The summed E-state index contributed by atoms with van der Waals surface area (Å²) < 4.78 is 10.5. The second-order valence-electron chi connectivity index (χ2n) is 4.73. The van der Waals surface area contributed by atoms with Crippen LogP contribution < -0.4 is 14.8 Å². The SMILES string of the molecule is COc1cccc(OCC(=O)NCc2ccc(C)cc2)c1. The monoisotopic (exact) mass is 285 g/mol. The van der Waals surface area contributed by atoms with Crippen LogP contribution in [0.4, 0.5) is 0 Å². The van der Waals surface area contributed by atoms with E-state index in [1.165, 1.54) is 5.56 Å². The van der Waals surface area contributed by atoms with E-state index in [-0.39, 0.29) is 12.5 Å². The zero-order valence-corrected chi connectivity index (χ0v) is 12.3. The molecule has 0 aliphatic rings. The molecule has 2 aromatic rings. The standard InChI is InChI=1S/C17H19NO3/c1-13-6-8-14(9-7-13)11-18-17(19)12-21-16-5-3-4-15(10-16)20-2/h3-10H,11-12H2,1-2H3,(H,18,19). The third kappa shape index (κ3) is 4.84. The van der Waals surface area contributed by atoms with Gasteiger partial charge in [-0.15, -0.1) is 0 Å². The van der Waals surface area contributed by atoms with E-state index in [9.17, 15) is 4.79 Å². The van der Waals surface area contributed by atoms with Gasteiger partial charge < -0.3 is 14.8 Å². The molecule has 0 aliphatic carbocycles. The average Bonchev–Trinajstić information content (AvgIpc) is 2.52. The molecule has 0 radical (unpaired) electrons. The third-order valence-corrected chi connectivity index (χ3v) is 3.02. The lowest BCUT2D eigenvalue weighted by Gasteiger charge is -2.08. The highest BCUT2D eigenvalue weighted by atomic mass is 16.5. The van der Waals surface area contributed by atoms with Gasteiger partial charge in [-0.2, -0.15) is 0 Å². The summed E-state index contributed by atoms with van der Waals surface area (Å²) in [5, 5.41) is 2.82. The van der Waals surface area contributed by atoms with Crippen molar-refractivity contribution in [2.24, 2.45) is 0 Å². The first-order valence-electron chi connectivity index (χ1n) is 6.76. The number of aryl methyl sites for hydroxylation is 1. The van der Waals surface area contributed by atoms with Gasteiger partial charge in [-0.05, 0) is 24.6 Å². The summed E-state index contributed by atoms with van der Waals surface area (Å²) in [5.74, 6) is 1.16. The lowest BCUT2D eigenvalue weighted by Crippen LogP contribution is -2.28. The molecular formula is C17H19NO3. The number of hydrogen-bond acceptors (Lipinski definition) is 3. The van der Waals surface area contributed by atoms with Crippen LogP contribution in [0.15, 0.2) is 48.5 Å². The van der Waals surface area contributed by atoms with Crippen LogP contribution in [0.5, 0.6) is 11.5 Å². The number of rotatable bonds is 6. The fourth-order valence-electron chi connectivity index (χ4n) is 1.80. The van der Waals surface area contributed by atoms with Crippen LogP contribution in [0.2, 0.25) is 0 Å². The van der Waals surface area contributed by atoms with Crippen molar-refractivity contribution in [3.05, 3.63) is 59.7 Å². The summed E-state index contributed by atoms with van der Waals surface area (Å²) >= 11 is 0. The number of ether oxygens (including phenoxy) is 2. The number of nitrogens with one attached hydrogen (secondary N) is 1. The first-order chi connectivity index (χ1) is 10.2. The van der Waals surface area contributed by atoms with Crippen molar-refractivity contribution in [2.75, 3.05) is 13.7 Å². The number of methoxy groups -OCH3 is 1. The molecule has 110 valence electrons. The second-order valence-corrected chi connectivity index (χ2v) is 4.73. The minimum atomic E-state index is -0.154. The van der Waals surface area contributed by atoms with Crippen molar-refractivity contribution in [1.29, 1.82) is 0 Å². The highest BCUT2D eigenvalue weighted by Gasteiger charge is 2.03. The van der Waals surface area contributed by atoms with Crippen molar-refractivity contribution in [2.45, 2.75) is 13.5 Å². The van der Waals surface area contributed by atoms with E-state index in [1.807, 2.05) is 43.3 Å². The number of hydrogen-bond donors (Lipinski definition) is 1. The maximum absolute atomic E-state index is 11.7. The van der Waals surface area contributed by atoms with E-state index in [0.717, 1.165) is 5.56 Å².